The van der Waals surface area contributed by atoms with Gasteiger partial charge in [0.05, 0.1) is 11.7 Å². The average Bonchev–Trinajstić information content (AvgIpc) is 2.61. The average molecular weight is 383 g/mol. The molecule has 150 valence electrons. The summed E-state index contributed by atoms with van der Waals surface area (Å²) in [5, 5.41) is 9.61. The monoisotopic (exact) mass is 382 g/mol. The fourth-order valence-corrected chi connectivity index (χ4v) is 4.19. The molecule has 0 aromatic heterocycles. The van der Waals surface area contributed by atoms with Gasteiger partial charge >= 0.3 is 5.97 Å². The van der Waals surface area contributed by atoms with E-state index in [1.807, 2.05) is 59.8 Å². The molecule has 0 spiro atoms. The Morgan fingerprint density at radius 2 is 1.61 bits per heavy atom. The number of hydrogen-bond donors (Lipinski definition) is 1. The largest absolute Gasteiger partial charge is 0.478 e. The van der Waals surface area contributed by atoms with Crippen LogP contribution in [0, 0.1) is 26.2 Å². The molecule has 0 fully saturated rings. The minimum atomic E-state index is -0.954. The Bertz CT molecular complexity index is 930. The molecule has 0 amide bonds. The molecule has 2 atom stereocenters. The van der Waals surface area contributed by atoms with E-state index >= 15 is 0 Å². The molecule has 0 saturated heterocycles. The van der Waals surface area contributed by atoms with Gasteiger partial charge < -0.3 is 9.84 Å². The van der Waals surface area contributed by atoms with Crippen LogP contribution < -0.4 is 0 Å². The van der Waals surface area contributed by atoms with Crippen molar-refractivity contribution in [3.05, 3.63) is 68.8 Å². The lowest BCUT2D eigenvalue weighted by Gasteiger charge is -2.41. The molecule has 0 saturated carbocycles. The molecule has 2 rings (SSSR count). The second kappa shape index (κ2) is 7.88. The summed E-state index contributed by atoms with van der Waals surface area (Å²) in [5.41, 5.74) is 5.85. The number of methoxy groups -OCH3 is 1. The molecule has 1 aromatic rings. The summed E-state index contributed by atoms with van der Waals surface area (Å²) in [6.45, 7) is 13.5. The molecule has 0 aliphatic heterocycles. The fraction of sp³-hybridized carbons (Fsp3) is 0.417. The molecule has 1 aliphatic carbocycles. The lowest BCUT2D eigenvalue weighted by Crippen LogP contribution is -2.39. The first-order valence-electron chi connectivity index (χ1n) is 9.42. The molecule has 2 unspecified atom stereocenters. The number of aryl methyl sites for hydroxylation is 3. The highest BCUT2D eigenvalue weighted by molar-refractivity contribution is 6.06. The number of ether oxygens (including phenoxy) is 1. The van der Waals surface area contributed by atoms with Crippen molar-refractivity contribution in [2.45, 2.75) is 54.6 Å². The summed E-state index contributed by atoms with van der Waals surface area (Å²) in [4.78, 5) is 24.6. The maximum Gasteiger partial charge on any atom is 0.335 e. The lowest BCUT2D eigenvalue weighted by molar-refractivity contribution is -0.132. The second-order valence-electron chi connectivity index (χ2n) is 7.96. The smallest absolute Gasteiger partial charge is 0.335 e. The van der Waals surface area contributed by atoms with Crippen LogP contribution in [-0.2, 0) is 9.53 Å². The van der Waals surface area contributed by atoms with Crippen LogP contribution in [0.15, 0.2) is 46.6 Å². The lowest BCUT2D eigenvalue weighted by atomic mass is 9.67. The van der Waals surface area contributed by atoms with Crippen molar-refractivity contribution in [1.82, 2.24) is 0 Å². The molecule has 1 aromatic carbocycles. The van der Waals surface area contributed by atoms with Gasteiger partial charge in [-0.3, -0.25) is 4.79 Å². The molecular formula is C24H30O4. The maximum absolute atomic E-state index is 12.9. The predicted octanol–water partition coefficient (Wildman–Crippen LogP) is 5.12. The van der Waals surface area contributed by atoms with Gasteiger partial charge in [-0.1, -0.05) is 17.7 Å². The van der Waals surface area contributed by atoms with Gasteiger partial charge in [0, 0.05) is 18.1 Å². The topological polar surface area (TPSA) is 63.6 Å². The summed E-state index contributed by atoms with van der Waals surface area (Å²) in [6.07, 6.45) is 3.00. The van der Waals surface area contributed by atoms with Crippen LogP contribution in [-0.4, -0.2) is 30.1 Å². The Labute approximate surface area is 167 Å². The highest BCUT2D eigenvalue weighted by Crippen LogP contribution is 2.45. The van der Waals surface area contributed by atoms with E-state index in [4.69, 9.17) is 4.74 Å². The SMILES string of the molecule is COC1C(C)=C(C(=O)O)C(C)=C(C)C1(C)C=CC(=O)c1cc(C)c(C)cc1C. The summed E-state index contributed by atoms with van der Waals surface area (Å²) >= 11 is 0. The van der Waals surface area contributed by atoms with Gasteiger partial charge in [-0.15, -0.1) is 0 Å². The zero-order chi connectivity index (χ0) is 21.4. The Morgan fingerprint density at radius 3 is 2.14 bits per heavy atom. The third kappa shape index (κ3) is 3.61. The molecule has 4 heteroatoms. The number of ketones is 1. The first-order valence-corrected chi connectivity index (χ1v) is 9.42. The minimum absolute atomic E-state index is 0.0622. The van der Waals surface area contributed by atoms with Crippen LogP contribution in [0.4, 0.5) is 0 Å². The van der Waals surface area contributed by atoms with E-state index in [0.29, 0.717) is 16.7 Å². The van der Waals surface area contributed by atoms with E-state index < -0.39 is 17.5 Å². The van der Waals surface area contributed by atoms with Crippen molar-refractivity contribution in [2.24, 2.45) is 5.41 Å². The van der Waals surface area contributed by atoms with E-state index in [0.717, 1.165) is 27.8 Å². The zero-order valence-electron chi connectivity index (χ0n) is 18.1. The number of allylic oxidation sites excluding steroid dienone is 1. The third-order valence-corrected chi connectivity index (χ3v) is 6.21. The molecule has 0 heterocycles. The number of benzene rings is 1. The number of carbonyl (C=O) groups is 2. The molecule has 4 nitrogen and oxygen atoms in total. The standard InChI is InChI=1S/C24H30O4/c1-13-11-15(3)19(12-14(13)2)20(25)9-10-24(7)18(6)16(4)21(23(26)27)17(5)22(24)28-8/h9-12,22H,1-8H3,(H,26,27). The summed E-state index contributed by atoms with van der Waals surface area (Å²) in [6, 6.07) is 3.95. The van der Waals surface area contributed by atoms with Gasteiger partial charge in [0.15, 0.2) is 5.78 Å². The first kappa shape index (κ1) is 21.8. The third-order valence-electron chi connectivity index (χ3n) is 6.21. The quantitative estimate of drug-likeness (QED) is 0.567. The van der Waals surface area contributed by atoms with E-state index in [1.54, 1.807) is 20.1 Å². The van der Waals surface area contributed by atoms with Crippen LogP contribution in [0.5, 0.6) is 0 Å². The number of rotatable bonds is 5. The first-order chi connectivity index (χ1) is 13.0. The molecule has 1 N–H and O–H groups in total. The number of carboxylic acid groups (broad SMARTS) is 1. The molecular weight excluding hydrogens is 352 g/mol. The van der Waals surface area contributed by atoms with Gasteiger partial charge in [-0.2, -0.15) is 0 Å². The molecule has 28 heavy (non-hydrogen) atoms. The Balaban J connectivity index is 2.51. The van der Waals surface area contributed by atoms with Gasteiger partial charge in [0.25, 0.3) is 0 Å². The van der Waals surface area contributed by atoms with Crippen LogP contribution in [0.2, 0.25) is 0 Å². The van der Waals surface area contributed by atoms with E-state index in [2.05, 4.69) is 0 Å². The fourth-order valence-electron chi connectivity index (χ4n) is 4.19. The minimum Gasteiger partial charge on any atom is -0.478 e. The van der Waals surface area contributed by atoms with Gasteiger partial charge in [0.2, 0.25) is 0 Å². The Morgan fingerprint density at radius 1 is 1.04 bits per heavy atom. The van der Waals surface area contributed by atoms with E-state index in [1.165, 1.54) is 0 Å². The van der Waals surface area contributed by atoms with Crippen molar-refractivity contribution >= 4 is 11.8 Å². The van der Waals surface area contributed by atoms with Crippen LogP contribution in [0.25, 0.3) is 0 Å². The van der Waals surface area contributed by atoms with Crippen LogP contribution in [0.3, 0.4) is 0 Å². The predicted molar refractivity (Wildman–Crippen MR) is 112 cm³/mol. The van der Waals surface area contributed by atoms with Gasteiger partial charge in [-0.25, -0.2) is 4.79 Å². The van der Waals surface area contributed by atoms with Crippen molar-refractivity contribution in [2.75, 3.05) is 7.11 Å². The van der Waals surface area contributed by atoms with Crippen molar-refractivity contribution in [3.8, 4) is 0 Å². The van der Waals surface area contributed by atoms with Crippen LogP contribution >= 0.6 is 0 Å². The van der Waals surface area contributed by atoms with E-state index in [-0.39, 0.29) is 5.78 Å². The van der Waals surface area contributed by atoms with Crippen molar-refractivity contribution in [3.63, 3.8) is 0 Å². The van der Waals surface area contributed by atoms with Gasteiger partial charge in [-0.05, 0) is 88.4 Å². The second-order valence-corrected chi connectivity index (χ2v) is 7.96. The highest BCUT2D eigenvalue weighted by Gasteiger charge is 2.42. The number of carboxylic acids is 1. The molecule has 0 radical (unpaired) electrons. The Kier molecular flexibility index (Phi) is 6.15. The number of hydrogen-bond acceptors (Lipinski definition) is 3. The normalized spacial score (nSPS) is 22.9. The highest BCUT2D eigenvalue weighted by atomic mass is 16.5. The zero-order valence-corrected chi connectivity index (χ0v) is 18.1. The molecule has 1 aliphatic rings. The summed E-state index contributed by atoms with van der Waals surface area (Å²) in [7, 11) is 1.57. The summed E-state index contributed by atoms with van der Waals surface area (Å²) in [5.74, 6) is -1.02. The number of carbonyl (C=O) groups excluding carboxylic acids is 1. The number of aliphatic carboxylic acids is 1. The summed E-state index contributed by atoms with van der Waals surface area (Å²) < 4.78 is 5.70. The van der Waals surface area contributed by atoms with Crippen molar-refractivity contribution in [1.29, 1.82) is 0 Å². The van der Waals surface area contributed by atoms with Gasteiger partial charge in [0.1, 0.15) is 0 Å². The maximum atomic E-state index is 12.9. The molecule has 0 bridgehead atoms. The Hall–Kier alpha value is -2.46. The van der Waals surface area contributed by atoms with E-state index in [9.17, 15) is 14.7 Å². The van der Waals surface area contributed by atoms with Crippen LogP contribution in [0.1, 0.15) is 54.7 Å². The van der Waals surface area contributed by atoms with Crippen molar-refractivity contribution < 1.29 is 19.4 Å².